The van der Waals surface area contributed by atoms with Crippen LogP contribution in [0.4, 0.5) is 0 Å². The largest absolute Gasteiger partial charge is 0.378 e. The summed E-state index contributed by atoms with van der Waals surface area (Å²) in [6, 6.07) is 1.66. The summed E-state index contributed by atoms with van der Waals surface area (Å²) in [6.45, 7) is 0. The zero-order valence-electron chi connectivity index (χ0n) is 4.46. The summed E-state index contributed by atoms with van der Waals surface area (Å²) >= 11 is 0. The summed E-state index contributed by atoms with van der Waals surface area (Å²) < 4.78 is 0. The van der Waals surface area contributed by atoms with Gasteiger partial charge < -0.3 is 5.11 Å². The summed E-state index contributed by atoms with van der Waals surface area (Å²) in [7, 11) is 0. The molecule has 0 radical (unpaired) electrons. The number of terminal acetylenes is 1. The van der Waals surface area contributed by atoms with Gasteiger partial charge in [0.1, 0.15) is 6.10 Å². The molecule has 0 heterocycles. The van der Waals surface area contributed by atoms with Crippen molar-refractivity contribution in [2.75, 3.05) is 0 Å². The summed E-state index contributed by atoms with van der Waals surface area (Å²) in [5, 5.41) is 16.5. The second-order valence-corrected chi connectivity index (χ2v) is 1.39. The van der Waals surface area contributed by atoms with Crippen molar-refractivity contribution in [2.45, 2.75) is 18.9 Å². The van der Waals surface area contributed by atoms with Crippen LogP contribution in [-0.2, 0) is 0 Å². The number of aliphatic hydroxyl groups is 1. The van der Waals surface area contributed by atoms with E-state index in [-0.39, 0.29) is 0 Å². The van der Waals surface area contributed by atoms with Gasteiger partial charge in [-0.2, -0.15) is 5.26 Å². The molecule has 0 fully saturated rings. The second-order valence-electron chi connectivity index (χ2n) is 1.39. The van der Waals surface area contributed by atoms with Crippen molar-refractivity contribution >= 4 is 0 Å². The molecule has 0 saturated heterocycles. The Bertz CT molecular complexity index is 128. The van der Waals surface area contributed by atoms with Gasteiger partial charge in [0.25, 0.3) is 0 Å². The Morgan fingerprint density at radius 2 is 2.38 bits per heavy atom. The predicted octanol–water partition coefficient (Wildman–Crippen LogP) is 0.284. The van der Waals surface area contributed by atoms with E-state index >= 15 is 0 Å². The van der Waals surface area contributed by atoms with Crippen molar-refractivity contribution < 1.29 is 5.11 Å². The molecular formula is C6H7NO. The van der Waals surface area contributed by atoms with Crippen LogP contribution in [0.15, 0.2) is 0 Å². The highest BCUT2D eigenvalue weighted by molar-refractivity contribution is 4.89. The minimum absolute atomic E-state index is 0.382. The third-order valence-corrected chi connectivity index (χ3v) is 0.711. The Morgan fingerprint density at radius 3 is 2.75 bits per heavy atom. The Morgan fingerprint density at radius 1 is 1.75 bits per heavy atom. The second kappa shape index (κ2) is 4.18. The first-order chi connectivity index (χ1) is 3.81. The Balaban J connectivity index is 3.18. The molecule has 0 aliphatic carbocycles. The van der Waals surface area contributed by atoms with Crippen molar-refractivity contribution in [3.05, 3.63) is 0 Å². The van der Waals surface area contributed by atoms with Crippen molar-refractivity contribution in [3.8, 4) is 18.4 Å². The van der Waals surface area contributed by atoms with E-state index in [2.05, 4.69) is 5.92 Å². The maximum absolute atomic E-state index is 8.53. The number of hydrogen-bond acceptors (Lipinski definition) is 2. The highest BCUT2D eigenvalue weighted by Crippen LogP contribution is 1.91. The van der Waals surface area contributed by atoms with Crippen LogP contribution in [0.1, 0.15) is 12.8 Å². The van der Waals surface area contributed by atoms with Crippen LogP contribution in [0.5, 0.6) is 0 Å². The fourth-order valence-corrected chi connectivity index (χ4v) is 0.285. The number of nitriles is 1. The fraction of sp³-hybridized carbons (Fsp3) is 0.500. The maximum atomic E-state index is 8.53. The van der Waals surface area contributed by atoms with Crippen LogP contribution < -0.4 is 0 Å². The van der Waals surface area contributed by atoms with E-state index in [0.717, 1.165) is 0 Å². The molecule has 0 amide bonds. The normalized spacial score (nSPS) is 11.4. The monoisotopic (exact) mass is 109 g/mol. The molecule has 2 nitrogen and oxygen atoms in total. The van der Waals surface area contributed by atoms with Gasteiger partial charge in [0.2, 0.25) is 0 Å². The number of nitrogens with zero attached hydrogens (tertiary/aromatic N) is 1. The zero-order valence-corrected chi connectivity index (χ0v) is 4.46. The fourth-order valence-electron chi connectivity index (χ4n) is 0.285. The average molecular weight is 109 g/mol. The quantitative estimate of drug-likeness (QED) is 0.409. The lowest BCUT2D eigenvalue weighted by atomic mass is 10.2. The molecule has 8 heavy (non-hydrogen) atoms. The molecule has 1 unspecified atom stereocenters. The van der Waals surface area contributed by atoms with Gasteiger partial charge in [0, 0.05) is 6.42 Å². The van der Waals surface area contributed by atoms with Crippen LogP contribution in [0.25, 0.3) is 0 Å². The van der Waals surface area contributed by atoms with E-state index in [4.69, 9.17) is 16.8 Å². The standard InChI is InChI=1S/C6H7NO/c1-2-3-4-6(8)5-7/h1,6,8H,3-4H2. The smallest absolute Gasteiger partial charge is 0.141 e. The summed E-state index contributed by atoms with van der Waals surface area (Å²) in [4.78, 5) is 0. The van der Waals surface area contributed by atoms with Gasteiger partial charge in [-0.05, 0) is 6.42 Å². The summed E-state index contributed by atoms with van der Waals surface area (Å²) in [5.74, 6) is 2.32. The lowest BCUT2D eigenvalue weighted by molar-refractivity contribution is 0.222. The average Bonchev–Trinajstić information content (AvgIpc) is 1.83. The molecule has 0 aliphatic heterocycles. The SMILES string of the molecule is C#CCCC(O)C#N. The summed E-state index contributed by atoms with van der Waals surface area (Å²) in [6.07, 6.45) is 4.83. The molecule has 0 aromatic heterocycles. The molecule has 1 atom stereocenters. The van der Waals surface area contributed by atoms with Gasteiger partial charge in [-0.25, -0.2) is 0 Å². The lowest BCUT2D eigenvalue weighted by Crippen LogP contribution is -2.00. The van der Waals surface area contributed by atoms with E-state index in [1.54, 1.807) is 6.07 Å². The molecule has 1 N–H and O–H groups in total. The van der Waals surface area contributed by atoms with Gasteiger partial charge in [-0.3, -0.25) is 0 Å². The van der Waals surface area contributed by atoms with E-state index in [1.807, 2.05) is 0 Å². The lowest BCUT2D eigenvalue weighted by Gasteiger charge is -1.92. The summed E-state index contributed by atoms with van der Waals surface area (Å²) in [5.41, 5.74) is 0. The number of hydrogen-bond donors (Lipinski definition) is 1. The van der Waals surface area contributed by atoms with Crippen LogP contribution in [0.3, 0.4) is 0 Å². The Labute approximate surface area is 48.8 Å². The highest BCUT2D eigenvalue weighted by atomic mass is 16.3. The van der Waals surface area contributed by atoms with E-state index in [0.29, 0.717) is 12.8 Å². The molecular weight excluding hydrogens is 102 g/mol. The van der Waals surface area contributed by atoms with Crippen molar-refractivity contribution in [3.63, 3.8) is 0 Å². The van der Waals surface area contributed by atoms with Gasteiger partial charge in [0.05, 0.1) is 6.07 Å². The molecule has 0 bridgehead atoms. The number of aliphatic hydroxyl groups excluding tert-OH is 1. The van der Waals surface area contributed by atoms with Gasteiger partial charge >= 0.3 is 0 Å². The molecule has 0 aliphatic rings. The van der Waals surface area contributed by atoms with E-state index in [9.17, 15) is 0 Å². The molecule has 0 spiro atoms. The molecule has 42 valence electrons. The van der Waals surface area contributed by atoms with Crippen LogP contribution in [-0.4, -0.2) is 11.2 Å². The number of rotatable bonds is 2. The third-order valence-electron chi connectivity index (χ3n) is 0.711. The molecule has 2 heteroatoms. The minimum Gasteiger partial charge on any atom is -0.378 e. The molecule has 0 aromatic carbocycles. The molecule has 0 rings (SSSR count). The molecule has 0 saturated carbocycles. The topological polar surface area (TPSA) is 44.0 Å². The first-order valence-corrected chi connectivity index (χ1v) is 2.32. The third kappa shape index (κ3) is 3.21. The minimum atomic E-state index is -0.883. The van der Waals surface area contributed by atoms with Crippen LogP contribution in [0.2, 0.25) is 0 Å². The molecule has 0 aromatic rings. The Kier molecular flexibility index (Phi) is 3.66. The van der Waals surface area contributed by atoms with Crippen molar-refractivity contribution in [1.82, 2.24) is 0 Å². The van der Waals surface area contributed by atoms with E-state index < -0.39 is 6.10 Å². The first kappa shape index (κ1) is 7.01. The zero-order chi connectivity index (χ0) is 6.41. The van der Waals surface area contributed by atoms with Gasteiger partial charge in [0.15, 0.2) is 0 Å². The van der Waals surface area contributed by atoms with Gasteiger partial charge in [-0.1, -0.05) is 0 Å². The predicted molar refractivity (Wildman–Crippen MR) is 29.7 cm³/mol. The highest BCUT2D eigenvalue weighted by Gasteiger charge is 1.96. The van der Waals surface area contributed by atoms with E-state index in [1.165, 1.54) is 0 Å². The van der Waals surface area contributed by atoms with Crippen LogP contribution >= 0.6 is 0 Å². The van der Waals surface area contributed by atoms with Crippen molar-refractivity contribution in [2.24, 2.45) is 0 Å². The first-order valence-electron chi connectivity index (χ1n) is 2.32. The maximum Gasteiger partial charge on any atom is 0.141 e. The van der Waals surface area contributed by atoms with Gasteiger partial charge in [-0.15, -0.1) is 12.3 Å². The Hall–Kier alpha value is -0.990. The van der Waals surface area contributed by atoms with Crippen molar-refractivity contribution in [1.29, 1.82) is 5.26 Å². The van der Waals surface area contributed by atoms with Crippen LogP contribution in [0, 0.1) is 23.7 Å².